The highest BCUT2D eigenvalue weighted by Gasteiger charge is 2.04. The number of nitrogens with zero attached hydrogens (tertiary/aromatic N) is 1. The highest BCUT2D eigenvalue weighted by Crippen LogP contribution is 2.24. The third-order valence-electron chi connectivity index (χ3n) is 2.46. The first-order chi connectivity index (χ1) is 8.54. The number of likely N-dealkylation sites (N-methyl/N-ethyl adjacent to an activating group) is 1. The SMILES string of the molecule is COCCN(C)c1ccc(/C=C/C(=O)O)c(Cl)c1. The number of methoxy groups -OCH3 is 1. The first kappa shape index (κ1) is 14.5. The molecule has 0 unspecified atom stereocenters. The number of hydrogen-bond acceptors (Lipinski definition) is 3. The molecule has 0 radical (unpaired) electrons. The average molecular weight is 270 g/mol. The molecule has 0 saturated heterocycles. The predicted octanol–water partition coefficient (Wildman–Crippen LogP) is 2.52. The summed E-state index contributed by atoms with van der Waals surface area (Å²) in [7, 11) is 3.60. The molecule has 4 nitrogen and oxygen atoms in total. The van der Waals surface area contributed by atoms with Crippen LogP contribution >= 0.6 is 11.6 Å². The molecule has 0 aromatic heterocycles. The molecule has 0 heterocycles. The molecule has 0 aliphatic carbocycles. The van der Waals surface area contributed by atoms with Crippen molar-refractivity contribution in [2.24, 2.45) is 0 Å². The van der Waals surface area contributed by atoms with Gasteiger partial charge in [0.05, 0.1) is 6.61 Å². The summed E-state index contributed by atoms with van der Waals surface area (Å²) in [5.41, 5.74) is 1.65. The molecule has 0 spiro atoms. The van der Waals surface area contributed by atoms with Crippen LogP contribution in [0.5, 0.6) is 0 Å². The standard InChI is InChI=1S/C13H16ClNO3/c1-15(7-8-18-2)11-5-3-10(12(14)9-11)4-6-13(16)17/h3-6,9H,7-8H2,1-2H3,(H,16,17)/b6-4+. The maximum absolute atomic E-state index is 10.4. The number of anilines is 1. The monoisotopic (exact) mass is 269 g/mol. The number of hydrogen-bond donors (Lipinski definition) is 1. The van der Waals surface area contributed by atoms with Crippen molar-refractivity contribution in [1.29, 1.82) is 0 Å². The number of rotatable bonds is 6. The largest absolute Gasteiger partial charge is 0.478 e. The molecule has 0 saturated carbocycles. The van der Waals surface area contributed by atoms with Crippen LogP contribution < -0.4 is 4.90 Å². The first-order valence-corrected chi connectivity index (χ1v) is 5.83. The lowest BCUT2D eigenvalue weighted by Crippen LogP contribution is -2.21. The van der Waals surface area contributed by atoms with E-state index in [0.29, 0.717) is 17.2 Å². The van der Waals surface area contributed by atoms with Crippen molar-refractivity contribution in [1.82, 2.24) is 0 Å². The molecule has 0 atom stereocenters. The minimum absolute atomic E-state index is 0.522. The van der Waals surface area contributed by atoms with E-state index in [4.69, 9.17) is 21.4 Å². The van der Waals surface area contributed by atoms with Crippen molar-refractivity contribution in [3.63, 3.8) is 0 Å². The van der Waals surface area contributed by atoms with Gasteiger partial charge in [-0.05, 0) is 23.8 Å². The Morgan fingerprint density at radius 2 is 2.28 bits per heavy atom. The minimum Gasteiger partial charge on any atom is -0.478 e. The van der Waals surface area contributed by atoms with Crippen LogP contribution in [0.3, 0.4) is 0 Å². The molecule has 98 valence electrons. The van der Waals surface area contributed by atoms with Gasteiger partial charge in [0, 0.05) is 37.5 Å². The summed E-state index contributed by atoms with van der Waals surface area (Å²) < 4.78 is 5.00. The van der Waals surface area contributed by atoms with Crippen molar-refractivity contribution in [3.05, 3.63) is 34.9 Å². The first-order valence-electron chi connectivity index (χ1n) is 5.45. The molecule has 0 fully saturated rings. The van der Waals surface area contributed by atoms with E-state index in [2.05, 4.69) is 0 Å². The van der Waals surface area contributed by atoms with Gasteiger partial charge in [-0.2, -0.15) is 0 Å². The van der Waals surface area contributed by atoms with Crippen LogP contribution in [-0.2, 0) is 9.53 Å². The third kappa shape index (κ3) is 4.39. The maximum Gasteiger partial charge on any atom is 0.328 e. The van der Waals surface area contributed by atoms with Gasteiger partial charge in [0.1, 0.15) is 0 Å². The molecule has 0 aliphatic heterocycles. The van der Waals surface area contributed by atoms with E-state index >= 15 is 0 Å². The van der Waals surface area contributed by atoms with Crippen LogP contribution in [0.15, 0.2) is 24.3 Å². The van der Waals surface area contributed by atoms with Crippen molar-refractivity contribution >= 4 is 29.3 Å². The smallest absolute Gasteiger partial charge is 0.328 e. The zero-order valence-electron chi connectivity index (χ0n) is 10.4. The molecule has 5 heteroatoms. The predicted molar refractivity (Wildman–Crippen MR) is 73.3 cm³/mol. The van der Waals surface area contributed by atoms with E-state index in [-0.39, 0.29) is 0 Å². The van der Waals surface area contributed by atoms with Crippen LogP contribution in [0.1, 0.15) is 5.56 Å². The molecular formula is C13H16ClNO3. The van der Waals surface area contributed by atoms with E-state index in [1.807, 2.05) is 18.0 Å². The fourth-order valence-corrected chi connectivity index (χ4v) is 1.64. The fourth-order valence-electron chi connectivity index (χ4n) is 1.41. The lowest BCUT2D eigenvalue weighted by molar-refractivity contribution is -0.131. The van der Waals surface area contributed by atoms with Crippen LogP contribution in [0, 0.1) is 0 Å². The number of ether oxygens (including phenoxy) is 1. The highest BCUT2D eigenvalue weighted by molar-refractivity contribution is 6.32. The maximum atomic E-state index is 10.4. The van der Waals surface area contributed by atoms with Gasteiger partial charge >= 0.3 is 5.97 Å². The molecule has 18 heavy (non-hydrogen) atoms. The minimum atomic E-state index is -0.993. The summed E-state index contributed by atoms with van der Waals surface area (Å²) in [6, 6.07) is 5.49. The lowest BCUT2D eigenvalue weighted by Gasteiger charge is -2.19. The topological polar surface area (TPSA) is 49.8 Å². The highest BCUT2D eigenvalue weighted by atomic mass is 35.5. The Bertz CT molecular complexity index is 446. The van der Waals surface area contributed by atoms with Gasteiger partial charge in [-0.3, -0.25) is 0 Å². The quantitative estimate of drug-likeness (QED) is 0.807. The molecule has 1 rings (SSSR count). The number of carboxylic acid groups (broad SMARTS) is 1. The summed E-state index contributed by atoms with van der Waals surface area (Å²) in [6.07, 6.45) is 2.54. The average Bonchev–Trinajstić information content (AvgIpc) is 2.34. The number of halogens is 1. The Hall–Kier alpha value is -1.52. The summed E-state index contributed by atoms with van der Waals surface area (Å²) in [5, 5.41) is 9.08. The number of aliphatic carboxylic acids is 1. The molecule has 0 bridgehead atoms. The van der Waals surface area contributed by atoms with Gasteiger partial charge in [0.25, 0.3) is 0 Å². The second-order valence-electron chi connectivity index (χ2n) is 3.79. The van der Waals surface area contributed by atoms with Gasteiger partial charge in [0.15, 0.2) is 0 Å². The summed E-state index contributed by atoms with van der Waals surface area (Å²) in [4.78, 5) is 12.4. The van der Waals surface area contributed by atoms with Crippen LogP contribution in [-0.4, -0.2) is 38.4 Å². The van der Waals surface area contributed by atoms with Crippen LogP contribution in [0.4, 0.5) is 5.69 Å². The van der Waals surface area contributed by atoms with Gasteiger partial charge < -0.3 is 14.7 Å². The van der Waals surface area contributed by atoms with Crippen molar-refractivity contribution in [3.8, 4) is 0 Å². The second-order valence-corrected chi connectivity index (χ2v) is 4.20. The Labute approximate surface area is 111 Å². The molecule has 0 aliphatic rings. The normalized spacial score (nSPS) is 10.8. The molecule has 1 aromatic carbocycles. The van der Waals surface area contributed by atoms with Gasteiger partial charge in [-0.15, -0.1) is 0 Å². The zero-order valence-corrected chi connectivity index (χ0v) is 11.1. The summed E-state index contributed by atoms with van der Waals surface area (Å²) in [5.74, 6) is -0.993. The number of carboxylic acids is 1. The Kier molecular flexibility index (Phi) is 5.68. The summed E-state index contributed by atoms with van der Waals surface area (Å²) >= 11 is 6.09. The van der Waals surface area contributed by atoms with Crippen molar-refractivity contribution in [2.75, 3.05) is 32.2 Å². The molecular weight excluding hydrogens is 254 g/mol. The summed E-state index contributed by atoms with van der Waals surface area (Å²) in [6.45, 7) is 1.39. The van der Waals surface area contributed by atoms with Crippen molar-refractivity contribution in [2.45, 2.75) is 0 Å². The number of carbonyl (C=O) groups is 1. The fraction of sp³-hybridized carbons (Fsp3) is 0.308. The van der Waals surface area contributed by atoms with E-state index in [0.717, 1.165) is 18.3 Å². The van der Waals surface area contributed by atoms with E-state index in [1.165, 1.54) is 6.08 Å². The van der Waals surface area contributed by atoms with Gasteiger partial charge in [-0.1, -0.05) is 17.7 Å². The van der Waals surface area contributed by atoms with Crippen molar-refractivity contribution < 1.29 is 14.6 Å². The second kappa shape index (κ2) is 7.03. The van der Waals surface area contributed by atoms with Gasteiger partial charge in [-0.25, -0.2) is 4.79 Å². The molecule has 1 N–H and O–H groups in total. The van der Waals surface area contributed by atoms with Crippen LogP contribution in [0.25, 0.3) is 6.08 Å². The Morgan fingerprint density at radius 1 is 1.56 bits per heavy atom. The Balaban J connectivity index is 2.81. The lowest BCUT2D eigenvalue weighted by atomic mass is 10.2. The van der Waals surface area contributed by atoms with Crippen LogP contribution in [0.2, 0.25) is 5.02 Å². The van der Waals surface area contributed by atoms with Gasteiger partial charge in [0.2, 0.25) is 0 Å². The molecule has 1 aromatic rings. The third-order valence-corrected chi connectivity index (χ3v) is 2.79. The Morgan fingerprint density at radius 3 is 2.83 bits per heavy atom. The number of benzene rings is 1. The van der Waals surface area contributed by atoms with E-state index in [1.54, 1.807) is 19.2 Å². The van der Waals surface area contributed by atoms with E-state index in [9.17, 15) is 4.79 Å². The molecule has 0 amide bonds. The van der Waals surface area contributed by atoms with E-state index < -0.39 is 5.97 Å². The zero-order chi connectivity index (χ0) is 13.5.